The largest absolute Gasteiger partial charge is 0.371 e. The monoisotopic (exact) mass is 268 g/mol. The second-order valence-electron chi connectivity index (χ2n) is 4.42. The molecule has 0 aliphatic rings. The summed E-state index contributed by atoms with van der Waals surface area (Å²) >= 11 is 0. The summed E-state index contributed by atoms with van der Waals surface area (Å²) in [5.41, 5.74) is 2.03. The number of fused-ring (bicyclic) bond motifs is 1. The molecule has 0 radical (unpaired) electrons. The molecule has 0 amide bonds. The molecule has 0 spiro atoms. The van der Waals surface area contributed by atoms with Crippen molar-refractivity contribution in [3.63, 3.8) is 0 Å². The Kier molecular flexibility index (Phi) is 3.02. The smallest absolute Gasteiger partial charge is 0.186 e. The number of nitrogens with zero attached hydrogens (tertiary/aromatic N) is 3. The van der Waals surface area contributed by atoms with Crippen LogP contribution in [-0.2, 0) is 0 Å². The van der Waals surface area contributed by atoms with Crippen molar-refractivity contribution >= 4 is 16.7 Å². The van der Waals surface area contributed by atoms with Gasteiger partial charge >= 0.3 is 0 Å². The van der Waals surface area contributed by atoms with Gasteiger partial charge in [-0.2, -0.15) is 0 Å². The van der Waals surface area contributed by atoms with Crippen molar-refractivity contribution in [2.75, 3.05) is 12.4 Å². The zero-order valence-corrected chi connectivity index (χ0v) is 11.2. The Morgan fingerprint density at radius 2 is 1.90 bits per heavy atom. The first-order chi connectivity index (χ1) is 9.70. The lowest BCUT2D eigenvalue weighted by Crippen LogP contribution is -2.03. The Bertz CT molecular complexity index is 781. The Morgan fingerprint density at radius 1 is 1.10 bits per heavy atom. The summed E-state index contributed by atoms with van der Waals surface area (Å²) in [7, 11) is 1.64. The summed E-state index contributed by atoms with van der Waals surface area (Å²) in [5, 5.41) is 3.70. The second kappa shape index (κ2) is 4.85. The van der Waals surface area contributed by atoms with Crippen LogP contribution in [-0.4, -0.2) is 22.0 Å². The fraction of sp³-hybridized carbons (Fsp3) is 0.133. The molecule has 2 aromatic heterocycles. The Hall–Kier alpha value is -2.56. The Balaban J connectivity index is 2.28. The van der Waals surface area contributed by atoms with Crippen LogP contribution >= 0.6 is 0 Å². The second-order valence-corrected chi connectivity index (χ2v) is 4.42. The van der Waals surface area contributed by atoms with E-state index in [-0.39, 0.29) is 5.82 Å². The molecule has 3 rings (SSSR count). The zero-order valence-electron chi connectivity index (χ0n) is 11.2. The van der Waals surface area contributed by atoms with E-state index in [1.54, 1.807) is 20.2 Å². The number of benzene rings is 1. The molecule has 0 aliphatic carbocycles. The van der Waals surface area contributed by atoms with Gasteiger partial charge < -0.3 is 5.32 Å². The number of aromatic nitrogens is 3. The maximum absolute atomic E-state index is 13.8. The van der Waals surface area contributed by atoms with Crippen molar-refractivity contribution in [3.8, 4) is 11.4 Å². The lowest BCUT2D eigenvalue weighted by Gasteiger charge is -2.09. The van der Waals surface area contributed by atoms with Gasteiger partial charge in [0, 0.05) is 24.2 Å². The molecule has 1 aromatic carbocycles. The number of rotatable bonds is 2. The van der Waals surface area contributed by atoms with E-state index < -0.39 is 5.82 Å². The van der Waals surface area contributed by atoms with Crippen molar-refractivity contribution in [1.29, 1.82) is 0 Å². The number of halogens is 1. The predicted octanol–water partition coefficient (Wildman–Crippen LogP) is 3.18. The summed E-state index contributed by atoms with van der Waals surface area (Å²) < 4.78 is 13.8. The molecule has 4 nitrogen and oxygen atoms in total. The summed E-state index contributed by atoms with van der Waals surface area (Å²) in [5.74, 6) is 0.273. The van der Waals surface area contributed by atoms with E-state index in [1.807, 2.05) is 30.3 Å². The topological polar surface area (TPSA) is 50.7 Å². The van der Waals surface area contributed by atoms with Crippen LogP contribution in [0.4, 0.5) is 10.2 Å². The van der Waals surface area contributed by atoms with Gasteiger partial charge in [0.25, 0.3) is 0 Å². The van der Waals surface area contributed by atoms with Crippen LogP contribution < -0.4 is 5.32 Å². The van der Waals surface area contributed by atoms with Crippen molar-refractivity contribution in [1.82, 2.24) is 15.0 Å². The van der Waals surface area contributed by atoms with Gasteiger partial charge in [0.2, 0.25) is 0 Å². The molecule has 0 unspecified atom stereocenters. The number of hydrogen-bond donors (Lipinski definition) is 1. The summed E-state index contributed by atoms with van der Waals surface area (Å²) in [4.78, 5) is 12.8. The fourth-order valence-corrected chi connectivity index (χ4v) is 2.14. The molecule has 5 heteroatoms. The van der Waals surface area contributed by atoms with Crippen molar-refractivity contribution in [2.24, 2.45) is 0 Å². The van der Waals surface area contributed by atoms with E-state index in [4.69, 9.17) is 0 Å². The normalized spacial score (nSPS) is 10.8. The molecule has 0 saturated heterocycles. The molecule has 0 aliphatic heterocycles. The van der Waals surface area contributed by atoms with Crippen molar-refractivity contribution < 1.29 is 4.39 Å². The van der Waals surface area contributed by atoms with Gasteiger partial charge in [0.15, 0.2) is 17.5 Å². The van der Waals surface area contributed by atoms with E-state index in [0.29, 0.717) is 11.5 Å². The van der Waals surface area contributed by atoms with Crippen molar-refractivity contribution in [2.45, 2.75) is 6.92 Å². The van der Waals surface area contributed by atoms with Crippen LogP contribution in [0.2, 0.25) is 0 Å². The van der Waals surface area contributed by atoms with Crippen molar-refractivity contribution in [3.05, 3.63) is 48.0 Å². The minimum atomic E-state index is -0.422. The Labute approximate surface area is 115 Å². The van der Waals surface area contributed by atoms with Gasteiger partial charge in [-0.3, -0.25) is 4.98 Å². The lowest BCUT2D eigenvalue weighted by atomic mass is 10.1. The minimum Gasteiger partial charge on any atom is -0.371 e. The van der Waals surface area contributed by atoms with E-state index in [0.717, 1.165) is 16.5 Å². The number of nitrogens with one attached hydrogen (secondary N) is 1. The maximum atomic E-state index is 13.8. The third-order valence-corrected chi connectivity index (χ3v) is 3.14. The molecular weight excluding hydrogens is 255 g/mol. The highest BCUT2D eigenvalue weighted by atomic mass is 19.1. The predicted molar refractivity (Wildman–Crippen MR) is 77.0 cm³/mol. The molecule has 0 atom stereocenters. The van der Waals surface area contributed by atoms with Gasteiger partial charge in [-0.25, -0.2) is 14.4 Å². The summed E-state index contributed by atoms with van der Waals surface area (Å²) in [6, 6.07) is 9.58. The van der Waals surface area contributed by atoms with Crippen LogP contribution in [0.1, 0.15) is 5.69 Å². The highest BCUT2D eigenvalue weighted by Crippen LogP contribution is 2.26. The zero-order chi connectivity index (χ0) is 14.1. The number of anilines is 1. The van der Waals surface area contributed by atoms with Crippen LogP contribution in [0.3, 0.4) is 0 Å². The first kappa shape index (κ1) is 12.5. The SMILES string of the molecule is CNc1nc(-c2ccnc3ccccc23)nc(C)c1F. The highest BCUT2D eigenvalue weighted by Gasteiger charge is 2.13. The first-order valence-corrected chi connectivity index (χ1v) is 6.26. The molecular formula is C15H13FN4. The molecule has 0 bridgehead atoms. The highest BCUT2D eigenvalue weighted by molar-refractivity contribution is 5.92. The van der Waals surface area contributed by atoms with Crippen LogP contribution in [0.5, 0.6) is 0 Å². The number of hydrogen-bond acceptors (Lipinski definition) is 4. The molecule has 100 valence electrons. The van der Waals surface area contributed by atoms with Gasteiger partial charge in [0.1, 0.15) is 0 Å². The third kappa shape index (κ3) is 1.97. The van der Waals surface area contributed by atoms with Crippen LogP contribution in [0.25, 0.3) is 22.3 Å². The number of para-hydroxylation sites is 1. The van der Waals surface area contributed by atoms with E-state index >= 15 is 0 Å². The lowest BCUT2D eigenvalue weighted by molar-refractivity contribution is 0.607. The average molecular weight is 268 g/mol. The molecule has 2 heterocycles. The first-order valence-electron chi connectivity index (χ1n) is 6.26. The standard InChI is InChI=1S/C15H13FN4/c1-9-13(16)15(17-2)20-14(19-9)11-7-8-18-12-6-4-3-5-10(11)12/h3-8H,1-2H3,(H,17,19,20). The minimum absolute atomic E-state index is 0.202. The van der Waals surface area contributed by atoms with Gasteiger partial charge in [0.05, 0.1) is 11.2 Å². The van der Waals surface area contributed by atoms with Gasteiger partial charge in [-0.1, -0.05) is 18.2 Å². The fourth-order valence-electron chi connectivity index (χ4n) is 2.14. The average Bonchev–Trinajstić information content (AvgIpc) is 2.49. The van der Waals surface area contributed by atoms with E-state index in [1.165, 1.54) is 0 Å². The Morgan fingerprint density at radius 3 is 2.70 bits per heavy atom. The number of aryl methyl sites for hydroxylation is 1. The molecule has 0 fully saturated rings. The van der Waals surface area contributed by atoms with Crippen LogP contribution in [0, 0.1) is 12.7 Å². The molecule has 3 aromatic rings. The molecule has 1 N–H and O–H groups in total. The van der Waals surface area contributed by atoms with E-state index in [9.17, 15) is 4.39 Å². The van der Waals surface area contributed by atoms with Gasteiger partial charge in [-0.05, 0) is 19.1 Å². The maximum Gasteiger partial charge on any atom is 0.186 e. The number of pyridine rings is 1. The molecule has 0 saturated carbocycles. The van der Waals surface area contributed by atoms with Gasteiger partial charge in [-0.15, -0.1) is 0 Å². The quantitative estimate of drug-likeness (QED) is 0.775. The van der Waals surface area contributed by atoms with E-state index in [2.05, 4.69) is 20.3 Å². The molecule has 20 heavy (non-hydrogen) atoms. The summed E-state index contributed by atoms with van der Waals surface area (Å²) in [6.07, 6.45) is 1.71. The third-order valence-electron chi connectivity index (χ3n) is 3.14. The summed E-state index contributed by atoms with van der Waals surface area (Å²) in [6.45, 7) is 1.63. The van der Waals surface area contributed by atoms with Crippen LogP contribution in [0.15, 0.2) is 36.5 Å².